The van der Waals surface area contributed by atoms with E-state index in [0.717, 1.165) is 25.8 Å². The van der Waals surface area contributed by atoms with Crippen LogP contribution in [0.25, 0.3) is 0 Å². The van der Waals surface area contributed by atoms with Crippen molar-refractivity contribution in [3.8, 4) is 0 Å². The van der Waals surface area contributed by atoms with E-state index in [1.165, 1.54) is 83.5 Å². The summed E-state index contributed by atoms with van der Waals surface area (Å²) in [5, 5.41) is 0. The summed E-state index contributed by atoms with van der Waals surface area (Å²) in [4.78, 5) is 17.4. The van der Waals surface area contributed by atoms with Crippen LogP contribution < -0.4 is 5.73 Å². The van der Waals surface area contributed by atoms with E-state index in [0.29, 0.717) is 13.0 Å². The number of nitrogens with two attached hydrogens (primary N) is 1. The van der Waals surface area contributed by atoms with Crippen LogP contribution in [0.5, 0.6) is 0 Å². The van der Waals surface area contributed by atoms with Gasteiger partial charge in [0.25, 0.3) is 0 Å². The first-order chi connectivity index (χ1) is 13.0. The van der Waals surface area contributed by atoms with E-state index in [9.17, 15) is 4.79 Å². The Kier molecular flexibility index (Phi) is 18.3. The predicted molar refractivity (Wildman–Crippen MR) is 116 cm³/mol. The van der Waals surface area contributed by atoms with Crippen molar-refractivity contribution in [1.82, 2.24) is 0 Å². The molecular weight excluding hydrogens is 336 g/mol. The maximum atomic E-state index is 11.9. The fourth-order valence-corrected chi connectivity index (χ4v) is 3.48. The van der Waals surface area contributed by atoms with Crippen molar-refractivity contribution in [2.45, 2.75) is 116 Å². The van der Waals surface area contributed by atoms with E-state index < -0.39 is 0 Å². The molecule has 0 aromatic heterocycles. The van der Waals surface area contributed by atoms with Crippen molar-refractivity contribution in [3.05, 3.63) is 0 Å². The van der Waals surface area contributed by atoms with Gasteiger partial charge >= 0.3 is 5.97 Å². The first-order valence-electron chi connectivity index (χ1n) is 11.8. The fraction of sp³-hybridized carbons (Fsp3) is 0.957. The molecule has 0 atom stereocenters. The van der Waals surface area contributed by atoms with Crippen molar-refractivity contribution >= 4 is 5.97 Å². The average molecular weight is 386 g/mol. The van der Waals surface area contributed by atoms with Crippen LogP contribution >= 0.6 is 0 Å². The third-order valence-corrected chi connectivity index (χ3v) is 5.23. The number of carbonyl (C=O) groups excluding carboxylic acids is 1. The highest BCUT2D eigenvalue weighted by Gasteiger charge is 2.20. The predicted octanol–water partition coefficient (Wildman–Crippen LogP) is 6.13. The SMILES string of the molecule is CCCCCCCCCCCCCCCCCC(=O)O[N+](C)(C)CCCN. The number of carbonyl (C=O) groups is 1. The van der Waals surface area contributed by atoms with Gasteiger partial charge in [0.1, 0.15) is 20.6 Å². The number of nitrogens with zero attached hydrogens (tertiary/aromatic N) is 1. The molecule has 0 aliphatic carbocycles. The van der Waals surface area contributed by atoms with Gasteiger partial charge in [0.15, 0.2) is 0 Å². The van der Waals surface area contributed by atoms with Crippen LogP contribution in [-0.4, -0.2) is 37.8 Å². The van der Waals surface area contributed by atoms with Crippen LogP contribution in [0, 0.1) is 0 Å². The second-order valence-electron chi connectivity index (χ2n) is 8.60. The van der Waals surface area contributed by atoms with Gasteiger partial charge in [-0.15, -0.1) is 4.65 Å². The molecular formula is C23H49N2O2+. The topological polar surface area (TPSA) is 52.3 Å². The number of rotatable bonds is 20. The Labute approximate surface area is 169 Å². The Bertz CT molecular complexity index is 332. The summed E-state index contributed by atoms with van der Waals surface area (Å²) in [7, 11) is 3.83. The molecule has 0 radical (unpaired) electrons. The van der Waals surface area contributed by atoms with Crippen LogP contribution in [-0.2, 0) is 9.63 Å². The number of quaternary nitrogens is 1. The molecule has 4 heteroatoms. The molecule has 162 valence electrons. The van der Waals surface area contributed by atoms with Gasteiger partial charge in [-0.05, 0) is 13.0 Å². The van der Waals surface area contributed by atoms with Crippen molar-refractivity contribution in [2.24, 2.45) is 5.73 Å². The quantitative estimate of drug-likeness (QED) is 0.156. The monoisotopic (exact) mass is 385 g/mol. The molecule has 0 rings (SSSR count). The van der Waals surface area contributed by atoms with Gasteiger partial charge in [0.05, 0.1) is 6.42 Å². The molecule has 0 aliphatic heterocycles. The van der Waals surface area contributed by atoms with Crippen LogP contribution in [0.15, 0.2) is 0 Å². The maximum Gasteiger partial charge on any atom is 0.366 e. The second-order valence-corrected chi connectivity index (χ2v) is 8.60. The lowest BCUT2D eigenvalue weighted by molar-refractivity contribution is -1.06. The molecule has 2 N–H and O–H groups in total. The van der Waals surface area contributed by atoms with Crippen molar-refractivity contribution in [3.63, 3.8) is 0 Å². The molecule has 0 aliphatic rings. The lowest BCUT2D eigenvalue weighted by Crippen LogP contribution is -2.43. The zero-order valence-corrected chi connectivity index (χ0v) is 18.8. The Hall–Kier alpha value is -0.610. The van der Waals surface area contributed by atoms with E-state index in [1.807, 2.05) is 14.1 Å². The Morgan fingerprint density at radius 3 is 1.52 bits per heavy atom. The van der Waals surface area contributed by atoms with E-state index in [2.05, 4.69) is 6.92 Å². The van der Waals surface area contributed by atoms with Gasteiger partial charge in [-0.3, -0.25) is 4.84 Å². The Morgan fingerprint density at radius 1 is 0.704 bits per heavy atom. The highest BCUT2D eigenvalue weighted by molar-refractivity contribution is 5.68. The third kappa shape index (κ3) is 19.9. The third-order valence-electron chi connectivity index (χ3n) is 5.23. The normalized spacial score (nSPS) is 11.7. The summed E-state index contributed by atoms with van der Waals surface area (Å²) in [5.74, 6) is -0.0771. The minimum Gasteiger partial charge on any atom is -0.330 e. The van der Waals surface area contributed by atoms with Gasteiger partial charge in [-0.25, -0.2) is 4.79 Å². The molecule has 0 spiro atoms. The number of hydrogen-bond donors (Lipinski definition) is 1. The summed E-state index contributed by atoms with van der Waals surface area (Å²) >= 11 is 0. The highest BCUT2D eigenvalue weighted by atomic mass is 16.7. The maximum absolute atomic E-state index is 11.9. The molecule has 27 heavy (non-hydrogen) atoms. The first kappa shape index (κ1) is 26.4. The van der Waals surface area contributed by atoms with Crippen LogP contribution in [0.3, 0.4) is 0 Å². The molecule has 0 unspecified atom stereocenters. The van der Waals surface area contributed by atoms with E-state index >= 15 is 0 Å². The second kappa shape index (κ2) is 18.7. The molecule has 0 aromatic rings. The minimum atomic E-state index is -0.0771. The lowest BCUT2D eigenvalue weighted by atomic mass is 10.0. The summed E-state index contributed by atoms with van der Waals surface area (Å²) in [6.45, 7) is 3.69. The lowest BCUT2D eigenvalue weighted by Gasteiger charge is -2.25. The van der Waals surface area contributed by atoms with Gasteiger partial charge in [-0.2, -0.15) is 0 Å². The molecule has 0 heterocycles. The van der Waals surface area contributed by atoms with E-state index in [1.54, 1.807) is 0 Å². The van der Waals surface area contributed by atoms with Crippen LogP contribution in [0.4, 0.5) is 0 Å². The molecule has 0 aromatic carbocycles. The molecule has 0 fully saturated rings. The van der Waals surface area contributed by atoms with E-state index in [4.69, 9.17) is 10.6 Å². The van der Waals surface area contributed by atoms with E-state index in [-0.39, 0.29) is 10.6 Å². The zero-order valence-electron chi connectivity index (χ0n) is 18.8. The fourth-order valence-electron chi connectivity index (χ4n) is 3.48. The van der Waals surface area contributed by atoms with Gasteiger partial charge in [-0.1, -0.05) is 96.8 Å². The minimum absolute atomic E-state index is 0.0771. The van der Waals surface area contributed by atoms with Crippen molar-refractivity contribution < 1.29 is 14.3 Å². The zero-order chi connectivity index (χ0) is 20.2. The van der Waals surface area contributed by atoms with Gasteiger partial charge in [0, 0.05) is 6.42 Å². The van der Waals surface area contributed by atoms with Crippen molar-refractivity contribution in [2.75, 3.05) is 27.2 Å². The molecule has 0 saturated heterocycles. The Balaban J connectivity index is 3.29. The molecule has 0 amide bonds. The standard InChI is InChI=1S/C23H49N2O2/c1-4-5-6-7-8-9-10-11-12-13-14-15-16-17-18-20-23(26)27-25(2,3)22-19-21-24/h4-22,24H2,1-3H3/q+1. The number of hydrogen-bond acceptors (Lipinski definition) is 3. The molecule has 0 saturated carbocycles. The largest absolute Gasteiger partial charge is 0.366 e. The smallest absolute Gasteiger partial charge is 0.330 e. The molecule has 0 bridgehead atoms. The molecule has 4 nitrogen and oxygen atoms in total. The summed E-state index contributed by atoms with van der Waals surface area (Å²) in [5.41, 5.74) is 5.51. The summed E-state index contributed by atoms with van der Waals surface area (Å²) in [6, 6.07) is 0. The van der Waals surface area contributed by atoms with Gasteiger partial charge < -0.3 is 5.73 Å². The number of unbranched alkanes of at least 4 members (excludes halogenated alkanes) is 14. The highest BCUT2D eigenvalue weighted by Crippen LogP contribution is 2.14. The summed E-state index contributed by atoms with van der Waals surface area (Å²) in [6.07, 6.45) is 21.5. The average Bonchev–Trinajstić information content (AvgIpc) is 2.63. The van der Waals surface area contributed by atoms with Crippen molar-refractivity contribution in [1.29, 1.82) is 0 Å². The van der Waals surface area contributed by atoms with Crippen LogP contribution in [0.1, 0.15) is 116 Å². The Morgan fingerprint density at radius 2 is 1.11 bits per heavy atom. The first-order valence-corrected chi connectivity index (χ1v) is 11.8. The van der Waals surface area contributed by atoms with Gasteiger partial charge in [0.2, 0.25) is 0 Å². The number of hydroxylamine groups is 3. The van der Waals surface area contributed by atoms with Crippen LogP contribution in [0.2, 0.25) is 0 Å². The summed E-state index contributed by atoms with van der Waals surface area (Å²) < 4.78 is 0.286.